The number of imidazole rings is 1. The number of hydrogen-bond acceptors (Lipinski definition) is 6. The fraction of sp³-hybridized carbons (Fsp3) is 0. The number of non-ortho nitro benzene ring substituents is 1. The summed E-state index contributed by atoms with van der Waals surface area (Å²) in [6.45, 7) is 0. The highest BCUT2D eigenvalue weighted by molar-refractivity contribution is 5.79. The second-order valence-corrected chi connectivity index (χ2v) is 5.48. The third kappa shape index (κ3) is 3.16. The first-order valence-electron chi connectivity index (χ1n) is 7.77. The molecule has 2 heterocycles. The average molecular weight is 347 g/mol. The number of benzene rings is 2. The van der Waals surface area contributed by atoms with Crippen LogP contribution in [0.1, 0.15) is 5.76 Å². The predicted molar refractivity (Wildman–Crippen MR) is 98.1 cm³/mol. The number of furan rings is 1. The first kappa shape index (κ1) is 15.6. The van der Waals surface area contributed by atoms with Gasteiger partial charge >= 0.3 is 0 Å². The van der Waals surface area contributed by atoms with Gasteiger partial charge in [-0.3, -0.25) is 10.1 Å². The van der Waals surface area contributed by atoms with E-state index in [9.17, 15) is 10.1 Å². The third-order valence-electron chi connectivity index (χ3n) is 3.72. The smallest absolute Gasteiger partial charge is 0.270 e. The van der Waals surface area contributed by atoms with E-state index in [2.05, 4.69) is 20.5 Å². The number of aromatic amines is 1. The van der Waals surface area contributed by atoms with E-state index in [-0.39, 0.29) is 5.69 Å². The molecule has 0 atom stereocenters. The highest BCUT2D eigenvalue weighted by atomic mass is 16.6. The molecule has 2 aromatic heterocycles. The van der Waals surface area contributed by atoms with Gasteiger partial charge in [0.05, 0.1) is 22.2 Å². The van der Waals surface area contributed by atoms with Crippen LogP contribution in [0.5, 0.6) is 0 Å². The molecule has 4 aromatic rings. The van der Waals surface area contributed by atoms with E-state index in [1.54, 1.807) is 24.3 Å². The van der Waals surface area contributed by atoms with Crippen LogP contribution in [0, 0.1) is 10.1 Å². The van der Waals surface area contributed by atoms with Crippen LogP contribution in [-0.2, 0) is 0 Å². The molecule has 0 radical (unpaired) electrons. The Morgan fingerprint density at radius 3 is 2.88 bits per heavy atom. The SMILES string of the molecule is O=[N+]([O-])c1cccc(-c2ccc(/C=N\Nc3nc4ccccc4[nH]3)o2)c1. The van der Waals surface area contributed by atoms with Crippen molar-refractivity contribution in [3.05, 3.63) is 76.5 Å². The fourth-order valence-corrected chi connectivity index (χ4v) is 2.51. The monoisotopic (exact) mass is 347 g/mol. The molecular formula is C18H13N5O3. The van der Waals surface area contributed by atoms with Gasteiger partial charge in [-0.1, -0.05) is 24.3 Å². The van der Waals surface area contributed by atoms with Crippen molar-refractivity contribution in [3.63, 3.8) is 0 Å². The Hall–Kier alpha value is -3.94. The zero-order chi connectivity index (χ0) is 17.9. The second-order valence-electron chi connectivity index (χ2n) is 5.48. The Labute approximate surface area is 147 Å². The van der Waals surface area contributed by atoms with Crippen LogP contribution in [0.4, 0.5) is 11.6 Å². The Bertz CT molecular complexity index is 1080. The summed E-state index contributed by atoms with van der Waals surface area (Å²) in [5.41, 5.74) is 5.21. The summed E-state index contributed by atoms with van der Waals surface area (Å²) in [5.74, 6) is 1.56. The summed E-state index contributed by atoms with van der Waals surface area (Å²) in [6.07, 6.45) is 1.51. The number of rotatable bonds is 5. The van der Waals surface area contributed by atoms with Crippen molar-refractivity contribution >= 4 is 28.9 Å². The standard InChI is InChI=1S/C18H13N5O3/c24-23(25)13-5-3-4-12(10-13)17-9-8-14(26-17)11-19-22-18-20-15-6-1-2-7-16(15)21-18/h1-11H,(H2,20,21,22)/b19-11-. The van der Waals surface area contributed by atoms with Crippen LogP contribution in [0.3, 0.4) is 0 Å². The maximum Gasteiger partial charge on any atom is 0.270 e. The van der Waals surface area contributed by atoms with Crippen LogP contribution >= 0.6 is 0 Å². The molecule has 4 rings (SSSR count). The molecule has 0 fully saturated rings. The Balaban J connectivity index is 1.48. The van der Waals surface area contributed by atoms with Gasteiger partial charge in [-0.15, -0.1) is 0 Å². The van der Waals surface area contributed by atoms with Crippen molar-refractivity contribution in [1.82, 2.24) is 9.97 Å². The zero-order valence-electron chi connectivity index (χ0n) is 13.4. The maximum absolute atomic E-state index is 10.9. The van der Waals surface area contributed by atoms with Crippen LogP contribution < -0.4 is 5.43 Å². The lowest BCUT2D eigenvalue weighted by atomic mass is 10.1. The molecule has 0 unspecified atom stereocenters. The lowest BCUT2D eigenvalue weighted by Gasteiger charge is -1.97. The van der Waals surface area contributed by atoms with Crippen LogP contribution in [-0.4, -0.2) is 21.1 Å². The van der Waals surface area contributed by atoms with Gasteiger partial charge in [0.1, 0.15) is 11.5 Å². The maximum atomic E-state index is 10.9. The van der Waals surface area contributed by atoms with Crippen molar-refractivity contribution in [2.45, 2.75) is 0 Å². The lowest BCUT2D eigenvalue weighted by Crippen LogP contribution is -1.91. The van der Waals surface area contributed by atoms with E-state index in [0.717, 1.165) is 11.0 Å². The van der Waals surface area contributed by atoms with E-state index >= 15 is 0 Å². The van der Waals surface area contributed by atoms with E-state index in [1.807, 2.05) is 24.3 Å². The number of aromatic nitrogens is 2. The summed E-state index contributed by atoms with van der Waals surface area (Å²) < 4.78 is 5.66. The number of nitro groups is 1. The van der Waals surface area contributed by atoms with Crippen LogP contribution in [0.2, 0.25) is 0 Å². The molecular weight excluding hydrogens is 334 g/mol. The molecule has 2 aromatic carbocycles. The number of para-hydroxylation sites is 2. The predicted octanol–water partition coefficient (Wildman–Crippen LogP) is 4.18. The molecule has 0 bridgehead atoms. The first-order valence-corrected chi connectivity index (χ1v) is 7.77. The number of nitrogens with one attached hydrogen (secondary N) is 2. The number of fused-ring (bicyclic) bond motifs is 1. The number of hydrogen-bond donors (Lipinski definition) is 2. The number of anilines is 1. The van der Waals surface area contributed by atoms with Crippen molar-refractivity contribution in [1.29, 1.82) is 0 Å². The highest BCUT2D eigenvalue weighted by Crippen LogP contribution is 2.25. The minimum atomic E-state index is -0.438. The van der Waals surface area contributed by atoms with Crippen LogP contribution in [0.15, 0.2) is 70.2 Å². The highest BCUT2D eigenvalue weighted by Gasteiger charge is 2.09. The molecule has 0 saturated heterocycles. The molecule has 0 aliphatic heterocycles. The van der Waals surface area contributed by atoms with Crippen molar-refractivity contribution in [2.75, 3.05) is 5.43 Å². The number of H-pyrrole nitrogens is 1. The Morgan fingerprint density at radius 2 is 2.04 bits per heavy atom. The molecule has 8 heteroatoms. The topological polar surface area (TPSA) is 109 Å². The first-order chi connectivity index (χ1) is 12.7. The van der Waals surface area contributed by atoms with Gasteiger partial charge < -0.3 is 9.40 Å². The molecule has 0 saturated carbocycles. The van der Waals surface area contributed by atoms with Gasteiger partial charge in [0.15, 0.2) is 0 Å². The number of nitrogens with zero attached hydrogens (tertiary/aromatic N) is 3. The lowest BCUT2D eigenvalue weighted by molar-refractivity contribution is -0.384. The second kappa shape index (κ2) is 6.52. The van der Waals surface area contributed by atoms with Crippen molar-refractivity contribution in [2.24, 2.45) is 5.10 Å². The number of nitro benzene ring substituents is 1. The largest absolute Gasteiger partial charge is 0.455 e. The van der Waals surface area contributed by atoms with Gasteiger partial charge in [0.25, 0.3) is 5.69 Å². The number of hydrazone groups is 1. The summed E-state index contributed by atoms with van der Waals surface area (Å²) in [7, 11) is 0. The van der Waals surface area contributed by atoms with E-state index < -0.39 is 4.92 Å². The van der Waals surface area contributed by atoms with Gasteiger partial charge in [-0.05, 0) is 24.3 Å². The van der Waals surface area contributed by atoms with E-state index in [4.69, 9.17) is 4.42 Å². The summed E-state index contributed by atoms with van der Waals surface area (Å²) in [6, 6.07) is 17.4. The third-order valence-corrected chi connectivity index (χ3v) is 3.72. The molecule has 2 N–H and O–H groups in total. The molecule has 0 aliphatic carbocycles. The molecule has 0 amide bonds. The zero-order valence-corrected chi connectivity index (χ0v) is 13.4. The molecule has 0 spiro atoms. The van der Waals surface area contributed by atoms with Gasteiger partial charge in [0.2, 0.25) is 5.95 Å². The van der Waals surface area contributed by atoms with Gasteiger partial charge in [0, 0.05) is 17.7 Å². The van der Waals surface area contributed by atoms with Gasteiger partial charge in [-0.25, -0.2) is 10.4 Å². The quantitative estimate of drug-likeness (QED) is 0.320. The van der Waals surface area contributed by atoms with E-state index in [1.165, 1.54) is 18.3 Å². The molecule has 8 nitrogen and oxygen atoms in total. The minimum absolute atomic E-state index is 0.0145. The summed E-state index contributed by atoms with van der Waals surface area (Å²) in [5, 5.41) is 15.0. The minimum Gasteiger partial charge on any atom is -0.455 e. The van der Waals surface area contributed by atoms with Crippen LogP contribution in [0.25, 0.3) is 22.4 Å². The van der Waals surface area contributed by atoms with Crippen molar-refractivity contribution < 1.29 is 9.34 Å². The van der Waals surface area contributed by atoms with E-state index in [0.29, 0.717) is 23.0 Å². The normalized spacial score (nSPS) is 11.2. The summed E-state index contributed by atoms with van der Waals surface area (Å²) >= 11 is 0. The van der Waals surface area contributed by atoms with Crippen molar-refractivity contribution in [3.8, 4) is 11.3 Å². The Kier molecular flexibility index (Phi) is 3.91. The molecule has 26 heavy (non-hydrogen) atoms. The summed E-state index contributed by atoms with van der Waals surface area (Å²) in [4.78, 5) is 17.9. The molecule has 0 aliphatic rings. The molecule has 128 valence electrons. The average Bonchev–Trinajstić information content (AvgIpc) is 3.28. The fourth-order valence-electron chi connectivity index (χ4n) is 2.51. The van der Waals surface area contributed by atoms with Gasteiger partial charge in [-0.2, -0.15) is 5.10 Å². The Morgan fingerprint density at radius 1 is 1.15 bits per heavy atom.